The van der Waals surface area contributed by atoms with Crippen LogP contribution in [0.25, 0.3) is 32.7 Å². The van der Waals surface area contributed by atoms with Gasteiger partial charge in [0.25, 0.3) is 0 Å². The topological polar surface area (TPSA) is 15.7 Å². The molecule has 6 aromatic rings. The Labute approximate surface area is 352 Å². The van der Waals surface area contributed by atoms with Crippen molar-refractivity contribution in [3.8, 4) is 16.9 Å². The second kappa shape index (κ2) is 18.8. The molecule has 6 aromatic carbocycles. The predicted molar refractivity (Wildman–Crippen MR) is 241 cm³/mol. The Balaban J connectivity index is 0.000000193. The number of rotatable bonds is 8. The van der Waals surface area contributed by atoms with Crippen LogP contribution in [0.2, 0.25) is 0 Å². The summed E-state index contributed by atoms with van der Waals surface area (Å²) in [5.41, 5.74) is 8.79. The number of benzene rings is 6. The Hall–Kier alpha value is -3.95. The molecule has 3 aliphatic rings. The zero-order valence-corrected chi connectivity index (χ0v) is 36.2. The summed E-state index contributed by atoms with van der Waals surface area (Å²) < 4.78 is 7.93. The Morgan fingerprint density at radius 1 is 0.596 bits per heavy atom. The normalized spacial score (nSPS) is 16.5. The van der Waals surface area contributed by atoms with Crippen molar-refractivity contribution >= 4 is 56.9 Å². The quantitative estimate of drug-likeness (QED) is 0.142. The predicted octanol–water partition coefficient (Wildman–Crippen LogP) is 15.1. The van der Waals surface area contributed by atoms with E-state index in [1.165, 1.54) is 108 Å². The van der Waals surface area contributed by atoms with Crippen molar-refractivity contribution in [3.05, 3.63) is 157 Å². The van der Waals surface area contributed by atoms with E-state index in [0.717, 1.165) is 22.4 Å². The second-order valence-electron chi connectivity index (χ2n) is 15.8. The molecule has 3 nitrogen and oxygen atoms in total. The molecule has 2 saturated carbocycles. The number of hydrogen-bond donors (Lipinski definition) is 0. The monoisotopic (exact) mass is 880 g/mol. The third-order valence-electron chi connectivity index (χ3n) is 11.7. The van der Waals surface area contributed by atoms with Gasteiger partial charge in [-0.1, -0.05) is 111 Å². The van der Waals surface area contributed by atoms with E-state index in [1.54, 1.807) is 0 Å². The van der Waals surface area contributed by atoms with E-state index in [-0.39, 0.29) is 6.10 Å². The van der Waals surface area contributed by atoms with Crippen LogP contribution in [0.4, 0.5) is 11.4 Å². The van der Waals surface area contributed by atoms with Gasteiger partial charge in [0.05, 0.1) is 11.4 Å². The Morgan fingerprint density at radius 3 is 1.61 bits per heavy atom. The summed E-state index contributed by atoms with van der Waals surface area (Å²) in [5.74, 6) is 2.12. The van der Waals surface area contributed by atoms with Gasteiger partial charge in [0, 0.05) is 23.2 Å². The number of para-hydroxylation sites is 1. The standard InChI is InChI=1S/C35H36N2.C16H16O.2ClH.Ru/c1-3-11-26(12-4-1)32-21-19-28-15-7-9-17-30(28)34(32)36-23-24-37(25-36)35-31-18-10-8-16-29(31)20-22-33(35)27-13-5-2-6-14-27;1-12(2)17-16-13(3)8-7-11-15(16)14-9-5-4-6-10-14;;;/h7-10,15-24,26-27H,1-6,11-14H2;3-12H,1-2H3;2*1H;/q;;;;+2/p-2. The van der Waals surface area contributed by atoms with Crippen molar-refractivity contribution in [3.63, 3.8) is 0 Å². The summed E-state index contributed by atoms with van der Waals surface area (Å²) in [6, 6.07) is 43.4. The zero-order chi connectivity index (χ0) is 39.1. The first-order valence-electron chi connectivity index (χ1n) is 20.7. The third kappa shape index (κ3) is 9.20. The van der Waals surface area contributed by atoms with E-state index >= 15 is 0 Å². The third-order valence-corrected chi connectivity index (χ3v) is 13.5. The SMILES string of the molecule is CC(C)Oc1c([CH]=[Ru]([Cl])[Cl])cccc1-c1ccccc1.[C]1N(c2c(C3CCCCC3)ccc3ccccc23)C=CN1c1c(C2CCCCC2)ccc2ccccc12. The summed E-state index contributed by atoms with van der Waals surface area (Å²) in [7, 11) is 12.0. The molecule has 9 rings (SSSR count). The van der Waals surface area contributed by atoms with Crippen molar-refractivity contribution in [2.45, 2.75) is 96.0 Å². The first-order valence-corrected chi connectivity index (χ1v) is 26.2. The van der Waals surface area contributed by atoms with E-state index in [4.69, 9.17) is 24.1 Å². The van der Waals surface area contributed by atoms with Crippen molar-refractivity contribution in [2.24, 2.45) is 0 Å². The summed E-state index contributed by atoms with van der Waals surface area (Å²) >= 11 is -1.89. The van der Waals surface area contributed by atoms with Gasteiger partial charge in [0.2, 0.25) is 6.67 Å². The Morgan fingerprint density at radius 2 is 1.11 bits per heavy atom. The molecule has 2 radical (unpaired) electrons. The Kier molecular flexibility index (Phi) is 13.1. The van der Waals surface area contributed by atoms with E-state index in [1.807, 2.05) is 48.8 Å². The second-order valence-corrected chi connectivity index (χ2v) is 21.5. The van der Waals surface area contributed by atoms with E-state index in [2.05, 4.69) is 120 Å². The zero-order valence-electron chi connectivity index (χ0n) is 33.0. The fourth-order valence-electron chi connectivity index (χ4n) is 9.06. The van der Waals surface area contributed by atoms with Crippen LogP contribution in [0.3, 0.4) is 0 Å². The molecule has 0 aromatic heterocycles. The maximum atomic E-state index is 6.02. The number of ether oxygens (including phenoxy) is 1. The van der Waals surface area contributed by atoms with E-state index in [9.17, 15) is 0 Å². The largest absolute Gasteiger partial charge is 0.314 e. The summed E-state index contributed by atoms with van der Waals surface area (Å²) in [6.07, 6.45) is 17.9. The fraction of sp³-hybridized carbons (Fsp3) is 0.294. The summed E-state index contributed by atoms with van der Waals surface area (Å²) in [4.78, 5) is 4.58. The molecule has 1 heterocycles. The van der Waals surface area contributed by atoms with Crippen LogP contribution in [0.5, 0.6) is 5.75 Å². The number of hydrogen-bond acceptors (Lipinski definition) is 3. The van der Waals surface area contributed by atoms with E-state index < -0.39 is 13.5 Å². The molecule has 6 heteroatoms. The molecule has 0 bridgehead atoms. The number of anilines is 2. The molecule has 2 aliphatic carbocycles. The molecule has 0 amide bonds. The van der Waals surface area contributed by atoms with Gasteiger partial charge in [-0.05, 0) is 59.4 Å². The van der Waals surface area contributed by atoms with Gasteiger partial charge >= 0.3 is 133 Å². The van der Waals surface area contributed by atoms with Crippen molar-refractivity contribution in [1.29, 1.82) is 0 Å². The summed E-state index contributed by atoms with van der Waals surface area (Å²) in [6.45, 7) is 7.85. The Bertz CT molecular complexity index is 2250. The first-order chi connectivity index (χ1) is 27.9. The van der Waals surface area contributed by atoms with Crippen molar-refractivity contribution < 1.29 is 18.3 Å². The first kappa shape index (κ1) is 39.9. The molecule has 57 heavy (non-hydrogen) atoms. The molecule has 0 spiro atoms. The summed E-state index contributed by atoms with van der Waals surface area (Å²) in [5, 5.41) is 5.27. The minimum atomic E-state index is -1.89. The van der Waals surface area contributed by atoms with Gasteiger partial charge in [-0.25, -0.2) is 0 Å². The van der Waals surface area contributed by atoms with Crippen LogP contribution >= 0.6 is 19.4 Å². The van der Waals surface area contributed by atoms with Crippen LogP contribution in [0.15, 0.2) is 134 Å². The van der Waals surface area contributed by atoms with Gasteiger partial charge in [0.15, 0.2) is 0 Å². The van der Waals surface area contributed by atoms with Crippen molar-refractivity contribution in [2.75, 3.05) is 9.80 Å². The molecule has 0 atom stereocenters. The molecule has 1 aliphatic heterocycles. The fourth-order valence-corrected chi connectivity index (χ4v) is 10.9. The maximum absolute atomic E-state index is 6.02. The van der Waals surface area contributed by atoms with Gasteiger partial charge in [0.1, 0.15) is 0 Å². The molecule has 294 valence electrons. The average Bonchev–Trinajstić information content (AvgIpc) is 3.74. The molecule has 0 N–H and O–H groups in total. The van der Waals surface area contributed by atoms with Crippen LogP contribution in [0.1, 0.15) is 107 Å². The van der Waals surface area contributed by atoms with Crippen LogP contribution in [0, 0.1) is 6.67 Å². The van der Waals surface area contributed by atoms with Gasteiger partial charge in [-0.3, -0.25) is 0 Å². The molecule has 0 saturated heterocycles. The average molecular weight is 881 g/mol. The maximum Gasteiger partial charge on any atom is 0.217 e. The minimum absolute atomic E-state index is 0.0957. The van der Waals surface area contributed by atoms with Crippen LogP contribution in [-0.2, 0) is 13.5 Å². The molecule has 0 unspecified atom stereocenters. The van der Waals surface area contributed by atoms with Gasteiger partial charge in [-0.15, -0.1) is 0 Å². The van der Waals surface area contributed by atoms with Gasteiger partial charge < -0.3 is 9.80 Å². The molecule has 2 fully saturated rings. The van der Waals surface area contributed by atoms with Gasteiger partial charge in [-0.2, -0.15) is 0 Å². The number of nitrogens with zero attached hydrogens (tertiary/aromatic N) is 2. The number of fused-ring (bicyclic) bond motifs is 2. The minimum Gasteiger partial charge on any atom is -0.314 e. The van der Waals surface area contributed by atoms with Crippen LogP contribution in [-0.4, -0.2) is 10.7 Å². The van der Waals surface area contributed by atoms with Crippen LogP contribution < -0.4 is 14.5 Å². The smallest absolute Gasteiger partial charge is 0.217 e. The van der Waals surface area contributed by atoms with E-state index in [0.29, 0.717) is 11.8 Å². The van der Waals surface area contributed by atoms with Crippen molar-refractivity contribution in [1.82, 2.24) is 0 Å². The molecular weight excluding hydrogens is 829 g/mol. The molecular formula is C51H52Cl2N2ORu. The number of halogens is 2.